The number of rotatable bonds is 4. The first-order valence-electron chi connectivity index (χ1n) is 5.13. The molecule has 1 atom stereocenters. The van der Waals surface area contributed by atoms with Gasteiger partial charge in [0.2, 0.25) is 0 Å². The SMILES string of the molecule is NOCc1nc(CC2CCCCO2)no1. The number of nitrogens with two attached hydrogens (primary N) is 1. The second kappa shape index (κ2) is 5.20. The Balaban J connectivity index is 1.86. The van der Waals surface area contributed by atoms with Gasteiger partial charge in [0, 0.05) is 13.0 Å². The molecule has 15 heavy (non-hydrogen) atoms. The van der Waals surface area contributed by atoms with Crippen LogP contribution in [-0.4, -0.2) is 22.9 Å². The van der Waals surface area contributed by atoms with Crippen LogP contribution in [0, 0.1) is 0 Å². The van der Waals surface area contributed by atoms with Crippen LogP contribution >= 0.6 is 0 Å². The maximum Gasteiger partial charge on any atom is 0.254 e. The van der Waals surface area contributed by atoms with Gasteiger partial charge in [0.15, 0.2) is 5.82 Å². The molecule has 6 heteroatoms. The lowest BCUT2D eigenvalue weighted by Crippen LogP contribution is -2.21. The Morgan fingerprint density at radius 3 is 3.13 bits per heavy atom. The first kappa shape index (κ1) is 10.5. The van der Waals surface area contributed by atoms with E-state index in [2.05, 4.69) is 15.0 Å². The Morgan fingerprint density at radius 1 is 1.47 bits per heavy atom. The Labute approximate surface area is 87.7 Å². The van der Waals surface area contributed by atoms with Crippen molar-refractivity contribution >= 4 is 0 Å². The van der Waals surface area contributed by atoms with Crippen LogP contribution in [0.4, 0.5) is 0 Å². The van der Waals surface area contributed by atoms with E-state index in [4.69, 9.17) is 15.2 Å². The minimum atomic E-state index is 0.151. The lowest BCUT2D eigenvalue weighted by Gasteiger charge is -2.20. The van der Waals surface area contributed by atoms with E-state index in [1.54, 1.807) is 0 Å². The third-order valence-electron chi connectivity index (χ3n) is 2.40. The molecule has 6 nitrogen and oxygen atoms in total. The molecule has 0 saturated carbocycles. The molecule has 1 fully saturated rings. The summed E-state index contributed by atoms with van der Waals surface area (Å²) in [5.74, 6) is 5.97. The Kier molecular flexibility index (Phi) is 3.65. The van der Waals surface area contributed by atoms with Crippen molar-refractivity contribution in [1.29, 1.82) is 0 Å². The molecule has 2 N–H and O–H groups in total. The van der Waals surface area contributed by atoms with E-state index in [0.717, 1.165) is 19.4 Å². The largest absolute Gasteiger partial charge is 0.378 e. The van der Waals surface area contributed by atoms with Crippen molar-refractivity contribution in [2.24, 2.45) is 5.90 Å². The van der Waals surface area contributed by atoms with E-state index in [0.29, 0.717) is 18.1 Å². The average Bonchev–Trinajstić information content (AvgIpc) is 2.68. The van der Waals surface area contributed by atoms with Gasteiger partial charge in [-0.25, -0.2) is 5.90 Å². The predicted molar refractivity (Wildman–Crippen MR) is 50.6 cm³/mol. The molecular weight excluding hydrogens is 198 g/mol. The number of ether oxygens (including phenoxy) is 1. The molecule has 1 unspecified atom stereocenters. The van der Waals surface area contributed by atoms with Crippen molar-refractivity contribution in [2.75, 3.05) is 6.61 Å². The summed E-state index contributed by atoms with van der Waals surface area (Å²) in [5.41, 5.74) is 0. The van der Waals surface area contributed by atoms with E-state index in [1.807, 2.05) is 0 Å². The number of hydrogen-bond donors (Lipinski definition) is 1. The van der Waals surface area contributed by atoms with Crippen molar-refractivity contribution in [3.05, 3.63) is 11.7 Å². The fraction of sp³-hybridized carbons (Fsp3) is 0.778. The molecule has 2 heterocycles. The van der Waals surface area contributed by atoms with Gasteiger partial charge in [0.05, 0.1) is 6.10 Å². The van der Waals surface area contributed by atoms with E-state index in [9.17, 15) is 0 Å². The van der Waals surface area contributed by atoms with E-state index in [-0.39, 0.29) is 12.7 Å². The van der Waals surface area contributed by atoms with Crippen molar-refractivity contribution in [1.82, 2.24) is 10.1 Å². The fourth-order valence-electron chi connectivity index (χ4n) is 1.67. The zero-order chi connectivity index (χ0) is 10.5. The average molecular weight is 213 g/mol. The van der Waals surface area contributed by atoms with Crippen molar-refractivity contribution in [3.8, 4) is 0 Å². The summed E-state index contributed by atoms with van der Waals surface area (Å²) >= 11 is 0. The zero-order valence-corrected chi connectivity index (χ0v) is 8.52. The zero-order valence-electron chi connectivity index (χ0n) is 8.52. The van der Waals surface area contributed by atoms with Gasteiger partial charge in [-0.15, -0.1) is 0 Å². The van der Waals surface area contributed by atoms with Gasteiger partial charge in [-0.1, -0.05) is 5.16 Å². The molecular formula is C9H15N3O3. The molecule has 1 aliphatic rings. The molecule has 2 rings (SSSR count). The van der Waals surface area contributed by atoms with Gasteiger partial charge in [0.25, 0.3) is 5.89 Å². The summed E-state index contributed by atoms with van der Waals surface area (Å²) < 4.78 is 10.5. The quantitative estimate of drug-likeness (QED) is 0.736. The molecule has 1 aromatic heterocycles. The highest BCUT2D eigenvalue weighted by Gasteiger charge is 2.17. The summed E-state index contributed by atoms with van der Waals surface area (Å²) in [6, 6.07) is 0. The first-order chi connectivity index (χ1) is 7.38. The highest BCUT2D eigenvalue weighted by atomic mass is 16.6. The van der Waals surface area contributed by atoms with Crippen LogP contribution in [0.25, 0.3) is 0 Å². The molecule has 1 aliphatic heterocycles. The maximum atomic E-state index is 5.57. The second-order valence-corrected chi connectivity index (χ2v) is 3.61. The van der Waals surface area contributed by atoms with Crippen LogP contribution in [0.2, 0.25) is 0 Å². The van der Waals surface area contributed by atoms with Crippen LogP contribution in [0.15, 0.2) is 4.52 Å². The van der Waals surface area contributed by atoms with Gasteiger partial charge >= 0.3 is 0 Å². The minimum Gasteiger partial charge on any atom is -0.378 e. The van der Waals surface area contributed by atoms with Gasteiger partial charge in [-0.05, 0) is 19.3 Å². The molecule has 0 aliphatic carbocycles. The standard InChI is InChI=1S/C9H15N3O3/c10-14-6-9-11-8(12-15-9)5-7-3-1-2-4-13-7/h7H,1-6,10H2. The summed E-state index contributed by atoms with van der Waals surface area (Å²) in [7, 11) is 0. The summed E-state index contributed by atoms with van der Waals surface area (Å²) in [6.45, 7) is 0.986. The molecule has 1 saturated heterocycles. The highest BCUT2D eigenvalue weighted by Crippen LogP contribution is 2.15. The molecule has 0 aromatic carbocycles. The number of hydrogen-bond acceptors (Lipinski definition) is 6. The molecule has 84 valence electrons. The third-order valence-corrected chi connectivity index (χ3v) is 2.40. The van der Waals surface area contributed by atoms with Crippen molar-refractivity contribution in [3.63, 3.8) is 0 Å². The molecule has 0 bridgehead atoms. The van der Waals surface area contributed by atoms with Gasteiger partial charge in [-0.2, -0.15) is 4.98 Å². The van der Waals surface area contributed by atoms with Gasteiger partial charge in [0.1, 0.15) is 6.61 Å². The molecule has 0 spiro atoms. The summed E-state index contributed by atoms with van der Waals surface area (Å²) in [4.78, 5) is 8.53. The monoisotopic (exact) mass is 213 g/mol. The van der Waals surface area contributed by atoms with E-state index >= 15 is 0 Å². The lowest BCUT2D eigenvalue weighted by atomic mass is 10.1. The highest BCUT2D eigenvalue weighted by molar-refractivity contribution is 4.88. The van der Waals surface area contributed by atoms with E-state index < -0.39 is 0 Å². The summed E-state index contributed by atoms with van der Waals surface area (Å²) in [5, 5.41) is 3.83. The lowest BCUT2D eigenvalue weighted by molar-refractivity contribution is 0.0153. The van der Waals surface area contributed by atoms with Crippen LogP contribution in [0.3, 0.4) is 0 Å². The van der Waals surface area contributed by atoms with Crippen LogP contribution < -0.4 is 5.90 Å². The van der Waals surface area contributed by atoms with Crippen LogP contribution in [0.5, 0.6) is 0 Å². The normalized spacial score (nSPS) is 21.8. The Morgan fingerprint density at radius 2 is 2.40 bits per heavy atom. The van der Waals surface area contributed by atoms with Crippen molar-refractivity contribution in [2.45, 2.75) is 38.4 Å². The predicted octanol–water partition coefficient (Wildman–Crippen LogP) is 0.571. The number of aromatic nitrogens is 2. The maximum absolute atomic E-state index is 5.57. The van der Waals surface area contributed by atoms with Gasteiger partial charge in [-0.3, -0.25) is 4.84 Å². The number of nitrogens with zero attached hydrogens (tertiary/aromatic N) is 2. The third kappa shape index (κ3) is 2.98. The van der Waals surface area contributed by atoms with Crippen LogP contribution in [0.1, 0.15) is 31.0 Å². The second-order valence-electron chi connectivity index (χ2n) is 3.61. The molecule has 0 radical (unpaired) electrons. The topological polar surface area (TPSA) is 83.4 Å². The van der Waals surface area contributed by atoms with Crippen molar-refractivity contribution < 1.29 is 14.1 Å². The smallest absolute Gasteiger partial charge is 0.254 e. The van der Waals surface area contributed by atoms with Gasteiger partial charge < -0.3 is 9.26 Å². The summed E-state index contributed by atoms with van der Waals surface area (Å²) in [6.07, 6.45) is 4.35. The molecule has 1 aromatic rings. The fourth-order valence-corrected chi connectivity index (χ4v) is 1.67. The minimum absolute atomic E-state index is 0.151. The first-order valence-corrected chi connectivity index (χ1v) is 5.13. The Hall–Kier alpha value is -0.980. The van der Waals surface area contributed by atoms with Crippen LogP contribution in [-0.2, 0) is 22.6 Å². The Bertz CT molecular complexity index is 297. The molecule has 0 amide bonds. The van der Waals surface area contributed by atoms with E-state index in [1.165, 1.54) is 6.42 Å².